The maximum atomic E-state index is 10.5. The topological polar surface area (TPSA) is 95.4 Å². The Morgan fingerprint density at radius 2 is 1.87 bits per heavy atom. The largest absolute Gasteiger partial charge is 0.461 e. The summed E-state index contributed by atoms with van der Waals surface area (Å²) in [4.78, 5) is 20.0. The van der Waals surface area contributed by atoms with E-state index in [1.54, 1.807) is 6.92 Å². The van der Waals surface area contributed by atoms with Crippen LogP contribution in [0.3, 0.4) is 0 Å². The molecule has 0 fully saturated rings. The van der Waals surface area contributed by atoms with Gasteiger partial charge in [0.1, 0.15) is 6.61 Å². The maximum absolute atomic E-state index is 10.5. The average molecular weight is 237 g/mol. The number of primary amides is 1. The molecule has 0 aromatic carbocycles. The minimum absolute atomic E-state index is 0. The van der Waals surface area contributed by atoms with Crippen LogP contribution in [0.4, 0.5) is 0 Å². The molecule has 0 rings (SSSR count). The molecule has 0 saturated heterocycles. The molecule has 0 heterocycles. The number of rotatable bonds is 4. The van der Waals surface area contributed by atoms with Crippen LogP contribution in [-0.2, 0) is 14.3 Å². The average Bonchev–Trinajstić information content (AvgIpc) is 2.14. The van der Waals surface area contributed by atoms with Crippen molar-refractivity contribution in [2.75, 3.05) is 13.2 Å². The third-order valence-electron chi connectivity index (χ3n) is 0.901. The monoisotopic (exact) mass is 236 g/mol. The summed E-state index contributed by atoms with van der Waals surface area (Å²) in [5.74, 6) is -0.856. The molecule has 5 nitrogen and oxygen atoms in total. The van der Waals surface area contributed by atoms with Gasteiger partial charge in [0, 0.05) is 12.1 Å². The fourth-order valence-electron chi connectivity index (χ4n) is 0.275. The lowest BCUT2D eigenvalue weighted by atomic mass is 10.4. The molecule has 1 amide bonds. The Bertz CT molecular complexity index is 229. The van der Waals surface area contributed by atoms with Crippen LogP contribution in [0.1, 0.15) is 6.92 Å². The molecule has 0 spiro atoms. The van der Waals surface area contributed by atoms with Crippen molar-refractivity contribution in [1.82, 2.24) is 0 Å². The van der Waals surface area contributed by atoms with Gasteiger partial charge in [-0.3, -0.25) is 4.79 Å². The fourth-order valence-corrected chi connectivity index (χ4v) is 0.275. The molecular weight excluding hydrogens is 220 g/mol. The van der Waals surface area contributed by atoms with E-state index in [2.05, 4.69) is 23.6 Å². The molecule has 4 N–H and O–H groups in total. The Kier molecular flexibility index (Phi) is 16.3. The maximum Gasteiger partial charge on any atom is 0.333 e. The zero-order valence-corrected chi connectivity index (χ0v) is 9.51. The minimum Gasteiger partial charge on any atom is -0.461 e. The van der Waals surface area contributed by atoms with Gasteiger partial charge >= 0.3 is 5.97 Å². The quantitative estimate of drug-likeness (QED) is 0.536. The summed E-state index contributed by atoms with van der Waals surface area (Å²) in [6.07, 6.45) is 1.06. The minimum atomic E-state index is -0.481. The molecule has 0 aromatic rings. The van der Waals surface area contributed by atoms with Crippen LogP contribution in [-0.4, -0.2) is 25.0 Å². The highest BCUT2D eigenvalue weighted by Gasteiger charge is 1.99. The molecule has 0 aliphatic heterocycles. The summed E-state index contributed by atoms with van der Waals surface area (Å²) < 4.78 is 4.59. The van der Waals surface area contributed by atoms with E-state index in [0.29, 0.717) is 12.1 Å². The lowest BCUT2D eigenvalue weighted by Crippen LogP contribution is -2.13. The fraction of sp³-hybridized carbons (Fsp3) is 0.333. The van der Waals surface area contributed by atoms with Crippen LogP contribution in [0.25, 0.3) is 0 Å². The van der Waals surface area contributed by atoms with Crippen molar-refractivity contribution < 1.29 is 14.3 Å². The first-order chi connectivity index (χ1) is 6.45. The molecule has 0 saturated carbocycles. The molecule has 0 atom stereocenters. The van der Waals surface area contributed by atoms with E-state index >= 15 is 0 Å². The molecule has 0 aliphatic rings. The Morgan fingerprint density at radius 3 is 2.07 bits per heavy atom. The van der Waals surface area contributed by atoms with Crippen LogP contribution in [0.2, 0.25) is 0 Å². The van der Waals surface area contributed by atoms with Crippen molar-refractivity contribution in [3.8, 4) is 0 Å². The highest BCUT2D eigenvalue weighted by molar-refractivity contribution is 5.86. The SMILES string of the molecule is C=C(C)C(=O)OCCN.C=CC(N)=O.Cl. The lowest BCUT2D eigenvalue weighted by molar-refractivity contribution is -0.138. The van der Waals surface area contributed by atoms with Crippen LogP contribution in [0, 0.1) is 0 Å². The van der Waals surface area contributed by atoms with Gasteiger partial charge in [-0.2, -0.15) is 0 Å². The van der Waals surface area contributed by atoms with Crippen molar-refractivity contribution in [3.05, 3.63) is 24.8 Å². The van der Waals surface area contributed by atoms with Gasteiger partial charge in [-0.25, -0.2) is 4.79 Å². The number of esters is 1. The van der Waals surface area contributed by atoms with Crippen molar-refractivity contribution in [2.24, 2.45) is 11.5 Å². The Labute approximate surface area is 95.6 Å². The predicted octanol–water partition coefficient (Wildman–Crippen LogP) is 0.144. The zero-order chi connectivity index (χ0) is 11.6. The normalized spacial score (nSPS) is 7.33. The van der Waals surface area contributed by atoms with Gasteiger partial charge in [0.15, 0.2) is 0 Å². The van der Waals surface area contributed by atoms with Crippen molar-refractivity contribution in [3.63, 3.8) is 0 Å². The third kappa shape index (κ3) is 19.2. The third-order valence-corrected chi connectivity index (χ3v) is 0.901. The van der Waals surface area contributed by atoms with Crippen LogP contribution in [0.15, 0.2) is 24.8 Å². The lowest BCUT2D eigenvalue weighted by Gasteiger charge is -1.99. The first kappa shape index (κ1) is 19.3. The summed E-state index contributed by atoms with van der Waals surface area (Å²) in [5, 5.41) is 0. The highest BCUT2D eigenvalue weighted by Crippen LogP contribution is 1.89. The summed E-state index contributed by atoms with van der Waals surface area (Å²) in [7, 11) is 0. The number of amides is 1. The van der Waals surface area contributed by atoms with Crippen LogP contribution >= 0.6 is 12.4 Å². The van der Waals surface area contributed by atoms with E-state index < -0.39 is 5.91 Å². The van der Waals surface area contributed by atoms with Gasteiger partial charge in [0.25, 0.3) is 0 Å². The number of hydrogen-bond acceptors (Lipinski definition) is 4. The second-order valence-electron chi connectivity index (χ2n) is 2.31. The van der Waals surface area contributed by atoms with Gasteiger partial charge in [-0.05, 0) is 13.0 Å². The van der Waals surface area contributed by atoms with E-state index in [-0.39, 0.29) is 25.0 Å². The van der Waals surface area contributed by atoms with Crippen LogP contribution < -0.4 is 11.5 Å². The van der Waals surface area contributed by atoms with Gasteiger partial charge in [-0.1, -0.05) is 13.2 Å². The highest BCUT2D eigenvalue weighted by atomic mass is 35.5. The van der Waals surface area contributed by atoms with Crippen molar-refractivity contribution in [2.45, 2.75) is 6.92 Å². The molecule has 15 heavy (non-hydrogen) atoms. The Hall–Kier alpha value is -1.33. The summed E-state index contributed by atoms with van der Waals surface area (Å²) in [5.41, 5.74) is 10.0. The van der Waals surface area contributed by atoms with Crippen LogP contribution in [0.5, 0.6) is 0 Å². The molecule has 0 unspecified atom stereocenters. The smallest absolute Gasteiger partial charge is 0.333 e. The second-order valence-corrected chi connectivity index (χ2v) is 2.31. The predicted molar refractivity (Wildman–Crippen MR) is 61.5 cm³/mol. The van der Waals surface area contributed by atoms with Crippen molar-refractivity contribution in [1.29, 1.82) is 0 Å². The number of carbonyl (C=O) groups excluding carboxylic acids is 2. The molecule has 0 radical (unpaired) electrons. The molecule has 0 bridgehead atoms. The second kappa shape index (κ2) is 12.7. The van der Waals surface area contributed by atoms with Gasteiger partial charge in [0.2, 0.25) is 5.91 Å². The first-order valence-corrected chi connectivity index (χ1v) is 3.90. The molecular formula is C9H17ClN2O3. The summed E-state index contributed by atoms with van der Waals surface area (Å²) >= 11 is 0. The van der Waals surface area contributed by atoms with Gasteiger partial charge < -0.3 is 16.2 Å². The number of ether oxygens (including phenoxy) is 1. The van der Waals surface area contributed by atoms with E-state index in [9.17, 15) is 9.59 Å². The van der Waals surface area contributed by atoms with E-state index in [1.807, 2.05) is 0 Å². The summed E-state index contributed by atoms with van der Waals surface area (Å²) in [6, 6.07) is 0. The number of halogens is 1. The van der Waals surface area contributed by atoms with Gasteiger partial charge in [-0.15, -0.1) is 12.4 Å². The molecule has 0 aliphatic carbocycles. The molecule has 6 heteroatoms. The van der Waals surface area contributed by atoms with E-state index in [0.717, 1.165) is 6.08 Å². The standard InChI is InChI=1S/C6H11NO2.C3H5NO.ClH/c1-5(2)6(8)9-4-3-7;1-2-3(4)5;/h1,3-4,7H2,2H3;2H,1H2,(H2,4,5);1H. The summed E-state index contributed by atoms with van der Waals surface area (Å²) in [6.45, 7) is 8.70. The van der Waals surface area contributed by atoms with E-state index in [1.165, 1.54) is 0 Å². The Morgan fingerprint density at radius 1 is 1.47 bits per heavy atom. The number of hydrogen-bond donors (Lipinski definition) is 2. The Balaban J connectivity index is -0.000000208. The van der Waals surface area contributed by atoms with Crippen molar-refractivity contribution >= 4 is 24.3 Å². The number of carbonyl (C=O) groups is 2. The zero-order valence-electron chi connectivity index (χ0n) is 8.69. The molecule has 0 aromatic heterocycles. The van der Waals surface area contributed by atoms with Gasteiger partial charge in [0.05, 0.1) is 0 Å². The number of nitrogens with two attached hydrogens (primary N) is 2. The first-order valence-electron chi connectivity index (χ1n) is 3.90. The van der Waals surface area contributed by atoms with E-state index in [4.69, 9.17) is 5.73 Å². The molecule has 88 valence electrons.